The summed E-state index contributed by atoms with van der Waals surface area (Å²) in [5.41, 5.74) is 0.488. The van der Waals surface area contributed by atoms with Gasteiger partial charge >= 0.3 is 0 Å². The molecule has 1 aromatic carbocycles. The van der Waals surface area contributed by atoms with Crippen molar-refractivity contribution in [3.05, 3.63) is 36.0 Å². The fraction of sp³-hybridized carbons (Fsp3) is 0. The number of hydrogen-bond donors (Lipinski definition) is 1. The quantitative estimate of drug-likeness (QED) is 0.598. The van der Waals surface area contributed by atoms with E-state index in [9.17, 15) is 8.78 Å². The normalized spacial score (nSPS) is 10.7. The van der Waals surface area contributed by atoms with Gasteiger partial charge in [0.15, 0.2) is 5.95 Å². The number of rotatable bonds is 0. The molecule has 1 aromatic heterocycles. The highest BCUT2D eigenvalue weighted by atomic mass is 19.1. The molecule has 0 atom stereocenters. The van der Waals surface area contributed by atoms with Crippen molar-refractivity contribution in [3.63, 3.8) is 0 Å². The minimum Gasteiger partial charge on any atom is -0.331 e. The van der Waals surface area contributed by atoms with Crippen molar-refractivity contribution in [2.75, 3.05) is 0 Å². The Labute approximate surface area is 61.7 Å². The molecular formula is C8H5F2N. The highest BCUT2D eigenvalue weighted by molar-refractivity contribution is 5.79. The Balaban J connectivity index is 2.82. The van der Waals surface area contributed by atoms with E-state index < -0.39 is 5.95 Å². The molecule has 0 radical (unpaired) electrons. The molecule has 0 aliphatic carbocycles. The lowest BCUT2D eigenvalue weighted by atomic mass is 10.2. The maximum Gasteiger partial charge on any atom is 0.192 e. The number of aromatic amines is 1. The molecule has 0 spiro atoms. The first-order valence-electron chi connectivity index (χ1n) is 3.19. The topological polar surface area (TPSA) is 15.8 Å². The molecule has 56 valence electrons. The van der Waals surface area contributed by atoms with Gasteiger partial charge in [0.2, 0.25) is 0 Å². The molecule has 2 aromatic rings. The van der Waals surface area contributed by atoms with Gasteiger partial charge in [0.25, 0.3) is 0 Å². The van der Waals surface area contributed by atoms with E-state index in [1.165, 1.54) is 24.3 Å². The number of H-pyrrole nitrogens is 1. The van der Waals surface area contributed by atoms with Gasteiger partial charge in [-0.3, -0.25) is 0 Å². The van der Waals surface area contributed by atoms with Crippen LogP contribution in [0.2, 0.25) is 0 Å². The summed E-state index contributed by atoms with van der Waals surface area (Å²) >= 11 is 0. The Kier molecular flexibility index (Phi) is 1.18. The number of aromatic nitrogens is 1. The Bertz CT molecular complexity index is 392. The van der Waals surface area contributed by atoms with Gasteiger partial charge in [-0.1, -0.05) is 0 Å². The zero-order chi connectivity index (χ0) is 7.84. The molecule has 2 rings (SSSR count). The fourth-order valence-electron chi connectivity index (χ4n) is 1.06. The van der Waals surface area contributed by atoms with Crippen molar-refractivity contribution >= 4 is 10.9 Å². The van der Waals surface area contributed by atoms with Crippen LogP contribution in [0.15, 0.2) is 24.3 Å². The number of nitrogens with one attached hydrogen (secondary N) is 1. The summed E-state index contributed by atoms with van der Waals surface area (Å²) in [6.07, 6.45) is 0. The number of fused-ring (bicyclic) bond motifs is 1. The number of halogens is 2. The van der Waals surface area contributed by atoms with Crippen molar-refractivity contribution in [1.29, 1.82) is 0 Å². The third-order valence-corrected chi connectivity index (χ3v) is 1.55. The van der Waals surface area contributed by atoms with Gasteiger partial charge < -0.3 is 4.98 Å². The Morgan fingerprint density at radius 1 is 1.09 bits per heavy atom. The average molecular weight is 153 g/mol. The number of benzene rings is 1. The van der Waals surface area contributed by atoms with E-state index >= 15 is 0 Å². The van der Waals surface area contributed by atoms with Gasteiger partial charge in [-0.15, -0.1) is 0 Å². The van der Waals surface area contributed by atoms with E-state index in [0.29, 0.717) is 10.9 Å². The van der Waals surface area contributed by atoms with Crippen LogP contribution in [0, 0.1) is 11.8 Å². The van der Waals surface area contributed by atoms with Crippen molar-refractivity contribution in [2.24, 2.45) is 0 Å². The third-order valence-electron chi connectivity index (χ3n) is 1.55. The Morgan fingerprint density at radius 3 is 2.73 bits per heavy atom. The van der Waals surface area contributed by atoms with Crippen LogP contribution < -0.4 is 0 Å². The molecule has 0 fully saturated rings. The van der Waals surface area contributed by atoms with Crippen LogP contribution in [0.25, 0.3) is 10.9 Å². The van der Waals surface area contributed by atoms with Gasteiger partial charge in [-0.25, -0.2) is 4.39 Å². The van der Waals surface area contributed by atoms with Gasteiger partial charge in [0.05, 0.1) is 5.52 Å². The fourth-order valence-corrected chi connectivity index (χ4v) is 1.06. The van der Waals surface area contributed by atoms with Crippen LogP contribution in [-0.2, 0) is 0 Å². The van der Waals surface area contributed by atoms with E-state index in [1.54, 1.807) is 0 Å². The number of hydrogen-bond acceptors (Lipinski definition) is 0. The summed E-state index contributed by atoms with van der Waals surface area (Å²) in [6.45, 7) is 0. The Hall–Kier alpha value is -1.38. The van der Waals surface area contributed by atoms with Crippen LogP contribution >= 0.6 is 0 Å². The van der Waals surface area contributed by atoms with E-state index in [-0.39, 0.29) is 5.82 Å². The van der Waals surface area contributed by atoms with E-state index in [4.69, 9.17) is 0 Å². The van der Waals surface area contributed by atoms with Crippen LogP contribution in [0.1, 0.15) is 0 Å². The maximum absolute atomic E-state index is 12.5. The molecule has 0 bridgehead atoms. The first-order chi connectivity index (χ1) is 5.25. The summed E-state index contributed by atoms with van der Waals surface area (Å²) in [5.74, 6) is -0.801. The molecule has 0 aliphatic heterocycles. The first kappa shape index (κ1) is 6.34. The molecular weight excluding hydrogens is 148 g/mol. The second kappa shape index (κ2) is 2.05. The average Bonchev–Trinajstić information content (AvgIpc) is 2.27. The summed E-state index contributed by atoms with van der Waals surface area (Å²) in [6, 6.07) is 5.42. The lowest BCUT2D eigenvalue weighted by molar-refractivity contribution is 0.594. The first-order valence-corrected chi connectivity index (χ1v) is 3.19. The monoisotopic (exact) mass is 153 g/mol. The van der Waals surface area contributed by atoms with Crippen LogP contribution in [0.3, 0.4) is 0 Å². The lowest BCUT2D eigenvalue weighted by Crippen LogP contribution is -1.72. The van der Waals surface area contributed by atoms with Crippen molar-refractivity contribution < 1.29 is 8.78 Å². The molecule has 3 heteroatoms. The summed E-state index contributed by atoms with van der Waals surface area (Å²) in [5, 5.41) is 0.684. The third kappa shape index (κ3) is 0.981. The Morgan fingerprint density at radius 2 is 1.91 bits per heavy atom. The second-order valence-electron chi connectivity index (χ2n) is 2.35. The molecule has 1 heterocycles. The molecule has 1 N–H and O–H groups in total. The zero-order valence-electron chi connectivity index (χ0n) is 5.57. The summed E-state index contributed by atoms with van der Waals surface area (Å²) in [7, 11) is 0. The predicted octanol–water partition coefficient (Wildman–Crippen LogP) is 2.45. The van der Waals surface area contributed by atoms with E-state index in [1.807, 2.05) is 0 Å². The lowest BCUT2D eigenvalue weighted by Gasteiger charge is -1.87. The van der Waals surface area contributed by atoms with Crippen molar-refractivity contribution in [1.82, 2.24) is 4.98 Å². The van der Waals surface area contributed by atoms with Crippen molar-refractivity contribution in [2.45, 2.75) is 0 Å². The highest BCUT2D eigenvalue weighted by Gasteiger charge is 1.99. The van der Waals surface area contributed by atoms with Gasteiger partial charge in [-0.05, 0) is 18.2 Å². The zero-order valence-corrected chi connectivity index (χ0v) is 5.57. The van der Waals surface area contributed by atoms with Crippen LogP contribution in [0.4, 0.5) is 8.78 Å². The molecule has 0 unspecified atom stereocenters. The summed E-state index contributed by atoms with van der Waals surface area (Å²) < 4.78 is 25.0. The van der Waals surface area contributed by atoms with Gasteiger partial charge in [-0.2, -0.15) is 4.39 Å². The predicted molar refractivity (Wildman–Crippen MR) is 38.2 cm³/mol. The second-order valence-corrected chi connectivity index (χ2v) is 2.35. The molecule has 0 saturated heterocycles. The van der Waals surface area contributed by atoms with E-state index in [0.717, 1.165) is 0 Å². The maximum atomic E-state index is 12.5. The molecule has 11 heavy (non-hydrogen) atoms. The minimum absolute atomic E-state index is 0.362. The van der Waals surface area contributed by atoms with Crippen LogP contribution in [-0.4, -0.2) is 4.98 Å². The van der Waals surface area contributed by atoms with E-state index in [2.05, 4.69) is 4.98 Å². The largest absolute Gasteiger partial charge is 0.331 e. The van der Waals surface area contributed by atoms with Crippen LogP contribution in [0.5, 0.6) is 0 Å². The van der Waals surface area contributed by atoms with Gasteiger partial charge in [0.1, 0.15) is 5.82 Å². The summed E-state index contributed by atoms with van der Waals surface area (Å²) in [4.78, 5) is 2.39. The van der Waals surface area contributed by atoms with Crippen molar-refractivity contribution in [3.8, 4) is 0 Å². The SMILES string of the molecule is Fc1ccc2cc(F)[nH]c2c1. The standard InChI is InChI=1S/C8H5F2N/c9-6-2-1-5-3-8(10)11-7(5)4-6/h1-4,11H. The smallest absolute Gasteiger partial charge is 0.192 e. The molecule has 0 aliphatic rings. The highest BCUT2D eigenvalue weighted by Crippen LogP contribution is 2.14. The minimum atomic E-state index is -0.439. The van der Waals surface area contributed by atoms with Gasteiger partial charge in [0, 0.05) is 11.5 Å². The molecule has 0 saturated carbocycles. The molecule has 1 nitrogen and oxygen atoms in total. The molecule has 0 amide bonds.